The number of hydrogen-bond donors (Lipinski definition) is 2. The van der Waals surface area contributed by atoms with Crippen molar-refractivity contribution in [3.63, 3.8) is 0 Å². The molecule has 0 amide bonds. The molecule has 0 aliphatic heterocycles. The maximum absolute atomic E-state index is 11.7. The second kappa shape index (κ2) is 8.06. The highest BCUT2D eigenvalue weighted by Crippen LogP contribution is 2.19. The molecule has 0 saturated carbocycles. The Hall–Kier alpha value is -0.130. The lowest BCUT2D eigenvalue weighted by Gasteiger charge is -2.24. The van der Waals surface area contributed by atoms with Gasteiger partial charge in [-0.2, -0.15) is 0 Å². The molecule has 104 valence electrons. The molecule has 0 rings (SSSR count). The van der Waals surface area contributed by atoms with E-state index in [0.29, 0.717) is 37.3 Å². The number of sulfonamides is 1. The van der Waals surface area contributed by atoms with Crippen molar-refractivity contribution < 1.29 is 8.42 Å². The summed E-state index contributed by atoms with van der Waals surface area (Å²) in [7, 11) is -3.12. The van der Waals surface area contributed by atoms with E-state index in [4.69, 9.17) is 5.73 Å². The fraction of sp³-hybridized carbons (Fsp3) is 1.00. The Kier molecular flexibility index (Phi) is 8.00. The molecule has 3 N–H and O–H groups in total. The zero-order chi connectivity index (χ0) is 13.5. The fourth-order valence-corrected chi connectivity index (χ4v) is 3.15. The van der Waals surface area contributed by atoms with E-state index in [2.05, 4.69) is 32.4 Å². The molecule has 0 spiro atoms. The molecule has 0 heterocycles. The van der Waals surface area contributed by atoms with Gasteiger partial charge in [0.2, 0.25) is 10.0 Å². The summed E-state index contributed by atoms with van der Waals surface area (Å²) in [4.78, 5) is 0. The van der Waals surface area contributed by atoms with Gasteiger partial charge in [0.25, 0.3) is 0 Å². The number of nitrogens with one attached hydrogen (secondary N) is 1. The Morgan fingerprint density at radius 3 is 2.00 bits per heavy atom. The van der Waals surface area contributed by atoms with Gasteiger partial charge in [0, 0.05) is 6.54 Å². The Morgan fingerprint density at radius 2 is 1.59 bits per heavy atom. The molecular weight excluding hydrogens is 236 g/mol. The molecule has 0 bridgehead atoms. The molecule has 4 nitrogen and oxygen atoms in total. The highest BCUT2D eigenvalue weighted by Gasteiger charge is 2.20. The number of nitrogens with two attached hydrogens (primary N) is 1. The van der Waals surface area contributed by atoms with Crippen LogP contribution >= 0.6 is 0 Å². The number of rotatable bonds is 9. The smallest absolute Gasteiger partial charge is 0.211 e. The minimum Gasteiger partial charge on any atom is -0.330 e. The van der Waals surface area contributed by atoms with Gasteiger partial charge in [-0.25, -0.2) is 13.1 Å². The molecule has 0 aromatic carbocycles. The highest BCUT2D eigenvalue weighted by atomic mass is 32.2. The molecular formula is C12H28N2O2S. The lowest BCUT2D eigenvalue weighted by atomic mass is 9.86. The summed E-state index contributed by atoms with van der Waals surface area (Å²) in [6, 6.07) is 0. The first kappa shape index (κ1) is 16.9. The highest BCUT2D eigenvalue weighted by molar-refractivity contribution is 7.89. The Labute approximate surface area is 106 Å². The molecule has 0 aromatic rings. The molecule has 0 unspecified atom stereocenters. The van der Waals surface area contributed by atoms with Crippen LogP contribution in [0, 0.1) is 17.8 Å². The molecule has 0 aromatic heterocycles. The summed E-state index contributed by atoms with van der Waals surface area (Å²) in [6.07, 6.45) is 1.40. The first-order valence-corrected chi connectivity index (χ1v) is 8.12. The van der Waals surface area contributed by atoms with Gasteiger partial charge in [-0.3, -0.25) is 0 Å². The maximum atomic E-state index is 11.7. The van der Waals surface area contributed by atoms with Crippen molar-refractivity contribution in [2.24, 2.45) is 23.5 Å². The van der Waals surface area contributed by atoms with Gasteiger partial charge < -0.3 is 5.73 Å². The molecule has 17 heavy (non-hydrogen) atoms. The summed E-state index contributed by atoms with van der Waals surface area (Å²) in [5.74, 6) is 1.55. The van der Waals surface area contributed by atoms with E-state index in [-0.39, 0.29) is 5.75 Å². The summed E-state index contributed by atoms with van der Waals surface area (Å²) >= 11 is 0. The summed E-state index contributed by atoms with van der Waals surface area (Å²) in [5, 5.41) is 0. The summed E-state index contributed by atoms with van der Waals surface area (Å²) < 4.78 is 26.1. The van der Waals surface area contributed by atoms with Crippen LogP contribution in [0.2, 0.25) is 0 Å². The second-order valence-corrected chi connectivity index (χ2v) is 7.24. The van der Waals surface area contributed by atoms with Crippen LogP contribution in [-0.2, 0) is 10.0 Å². The third kappa shape index (κ3) is 7.73. The molecule has 0 saturated heterocycles. The van der Waals surface area contributed by atoms with Gasteiger partial charge in [-0.15, -0.1) is 0 Å². The van der Waals surface area contributed by atoms with Gasteiger partial charge in [0.05, 0.1) is 5.75 Å². The fourth-order valence-electron chi connectivity index (χ4n) is 1.97. The SMILES string of the molecule is CC(C)C(CNS(=O)(=O)CCCCN)C(C)C. The van der Waals surface area contributed by atoms with Crippen molar-refractivity contribution >= 4 is 10.0 Å². The van der Waals surface area contributed by atoms with Crippen LogP contribution in [0.25, 0.3) is 0 Å². The largest absolute Gasteiger partial charge is 0.330 e. The first-order chi connectivity index (χ1) is 7.80. The van der Waals surface area contributed by atoms with E-state index >= 15 is 0 Å². The van der Waals surface area contributed by atoms with Crippen molar-refractivity contribution in [3.05, 3.63) is 0 Å². The van der Waals surface area contributed by atoms with Crippen molar-refractivity contribution in [1.82, 2.24) is 4.72 Å². The summed E-state index contributed by atoms with van der Waals surface area (Å²) in [5.41, 5.74) is 5.34. The molecule has 0 radical (unpaired) electrons. The topological polar surface area (TPSA) is 72.2 Å². The Bertz CT molecular complexity index is 279. The Morgan fingerprint density at radius 1 is 1.06 bits per heavy atom. The van der Waals surface area contributed by atoms with Crippen molar-refractivity contribution in [2.75, 3.05) is 18.8 Å². The lowest BCUT2D eigenvalue weighted by molar-refractivity contribution is 0.289. The van der Waals surface area contributed by atoms with Crippen molar-refractivity contribution in [3.8, 4) is 0 Å². The van der Waals surface area contributed by atoms with Crippen molar-refractivity contribution in [2.45, 2.75) is 40.5 Å². The lowest BCUT2D eigenvalue weighted by Crippen LogP contribution is -2.35. The predicted octanol–water partition coefficient (Wildman–Crippen LogP) is 1.57. The normalized spacial score (nSPS) is 12.9. The zero-order valence-corrected chi connectivity index (χ0v) is 12.4. The van der Waals surface area contributed by atoms with Gasteiger partial charge >= 0.3 is 0 Å². The molecule has 0 fully saturated rings. The van der Waals surface area contributed by atoms with Crippen LogP contribution < -0.4 is 10.5 Å². The molecule has 5 heteroatoms. The van der Waals surface area contributed by atoms with Crippen LogP contribution in [0.15, 0.2) is 0 Å². The third-order valence-corrected chi connectivity index (χ3v) is 4.55. The molecule has 0 aliphatic carbocycles. The molecule has 0 aliphatic rings. The van der Waals surface area contributed by atoms with E-state index < -0.39 is 10.0 Å². The standard InChI is InChI=1S/C12H28N2O2S/c1-10(2)12(11(3)4)9-14-17(15,16)8-6-5-7-13/h10-12,14H,5-9,13H2,1-4H3. The van der Waals surface area contributed by atoms with Crippen LogP contribution in [0.4, 0.5) is 0 Å². The van der Waals surface area contributed by atoms with Gasteiger partial charge in [-0.1, -0.05) is 27.7 Å². The summed E-state index contributed by atoms with van der Waals surface area (Å²) in [6.45, 7) is 9.62. The van der Waals surface area contributed by atoms with E-state index in [1.807, 2.05) is 0 Å². The van der Waals surface area contributed by atoms with Gasteiger partial charge in [0.15, 0.2) is 0 Å². The third-order valence-electron chi connectivity index (χ3n) is 3.12. The first-order valence-electron chi connectivity index (χ1n) is 6.47. The van der Waals surface area contributed by atoms with Crippen LogP contribution in [0.1, 0.15) is 40.5 Å². The van der Waals surface area contributed by atoms with E-state index in [1.54, 1.807) is 0 Å². The average molecular weight is 264 g/mol. The Balaban J connectivity index is 4.15. The predicted molar refractivity (Wildman–Crippen MR) is 73.2 cm³/mol. The minimum absolute atomic E-state index is 0.188. The van der Waals surface area contributed by atoms with Gasteiger partial charge in [0.1, 0.15) is 0 Å². The van der Waals surface area contributed by atoms with E-state index in [1.165, 1.54) is 0 Å². The number of hydrogen-bond acceptors (Lipinski definition) is 3. The second-order valence-electron chi connectivity index (χ2n) is 5.32. The maximum Gasteiger partial charge on any atom is 0.211 e. The monoisotopic (exact) mass is 264 g/mol. The van der Waals surface area contributed by atoms with E-state index in [9.17, 15) is 8.42 Å². The average Bonchev–Trinajstić information content (AvgIpc) is 2.16. The number of unbranched alkanes of at least 4 members (excludes halogenated alkanes) is 1. The van der Waals surface area contributed by atoms with Crippen LogP contribution in [-0.4, -0.2) is 27.3 Å². The van der Waals surface area contributed by atoms with Crippen molar-refractivity contribution in [1.29, 1.82) is 0 Å². The quantitative estimate of drug-likeness (QED) is 0.621. The van der Waals surface area contributed by atoms with Gasteiger partial charge in [-0.05, 0) is 37.1 Å². The molecule has 0 atom stereocenters. The van der Waals surface area contributed by atoms with E-state index in [0.717, 1.165) is 6.42 Å². The zero-order valence-electron chi connectivity index (χ0n) is 11.6. The van der Waals surface area contributed by atoms with Crippen LogP contribution in [0.5, 0.6) is 0 Å². The van der Waals surface area contributed by atoms with Crippen LogP contribution in [0.3, 0.4) is 0 Å². The minimum atomic E-state index is -3.12.